The first-order chi connectivity index (χ1) is 10.2. The number of para-hydroxylation sites is 1. The Hall–Kier alpha value is -1.75. The summed E-state index contributed by atoms with van der Waals surface area (Å²) in [4.78, 5) is 17.2. The number of nitrogens with one attached hydrogen (secondary N) is 2. The average Bonchev–Trinajstić information content (AvgIpc) is 2.53. The van der Waals surface area contributed by atoms with E-state index in [9.17, 15) is 4.79 Å². The molecular formula is C16H24N4O. The van der Waals surface area contributed by atoms with Crippen molar-refractivity contribution in [2.75, 3.05) is 49.9 Å². The Kier molecular flexibility index (Phi) is 4.01. The molecule has 5 heteroatoms. The minimum atomic E-state index is 0.145. The van der Waals surface area contributed by atoms with Crippen molar-refractivity contribution >= 4 is 17.3 Å². The normalized spacial score (nSPS) is 18.9. The van der Waals surface area contributed by atoms with Gasteiger partial charge in [0.2, 0.25) is 0 Å². The molecular weight excluding hydrogens is 264 g/mol. The van der Waals surface area contributed by atoms with Crippen LogP contribution in [0.25, 0.3) is 0 Å². The van der Waals surface area contributed by atoms with Gasteiger partial charge in [-0.15, -0.1) is 0 Å². The smallest absolute Gasteiger partial charge is 0.256 e. The number of carbonyl (C=O) groups is 1. The third-order valence-electron chi connectivity index (χ3n) is 4.37. The number of anilines is 2. The fourth-order valence-electron chi connectivity index (χ4n) is 3.06. The first-order valence-electron chi connectivity index (χ1n) is 7.81. The molecule has 1 amide bonds. The second-order valence-electron chi connectivity index (χ2n) is 6.00. The number of carbonyl (C=O) groups excluding carboxylic acids is 1. The molecule has 0 radical (unpaired) electrons. The van der Waals surface area contributed by atoms with Crippen molar-refractivity contribution in [3.05, 3.63) is 23.8 Å². The largest absolute Gasteiger partial charge is 0.382 e. The maximum Gasteiger partial charge on any atom is 0.256 e. The van der Waals surface area contributed by atoms with Crippen molar-refractivity contribution < 1.29 is 4.79 Å². The molecule has 2 N–H and O–H groups in total. The lowest BCUT2D eigenvalue weighted by Crippen LogP contribution is -2.50. The summed E-state index contributed by atoms with van der Waals surface area (Å²) in [5.74, 6) is 0.145. The van der Waals surface area contributed by atoms with Crippen molar-refractivity contribution in [3.8, 4) is 0 Å². The Morgan fingerprint density at radius 2 is 1.81 bits per heavy atom. The van der Waals surface area contributed by atoms with Crippen molar-refractivity contribution in [2.45, 2.75) is 19.9 Å². The topological polar surface area (TPSA) is 47.6 Å². The second kappa shape index (κ2) is 5.93. The zero-order valence-electron chi connectivity index (χ0n) is 12.9. The van der Waals surface area contributed by atoms with Crippen molar-refractivity contribution in [1.29, 1.82) is 0 Å². The molecule has 0 spiro atoms. The second-order valence-corrected chi connectivity index (χ2v) is 6.00. The lowest BCUT2D eigenvalue weighted by molar-refractivity contribution is 0.0596. The molecule has 0 saturated carbocycles. The van der Waals surface area contributed by atoms with Crippen LogP contribution in [0.1, 0.15) is 24.2 Å². The summed E-state index contributed by atoms with van der Waals surface area (Å²) < 4.78 is 0. The molecule has 0 aliphatic carbocycles. The van der Waals surface area contributed by atoms with Crippen LogP contribution in [0.15, 0.2) is 18.2 Å². The molecule has 0 aromatic heterocycles. The Labute approximate surface area is 126 Å². The van der Waals surface area contributed by atoms with E-state index in [0.717, 1.165) is 56.2 Å². The fourth-order valence-corrected chi connectivity index (χ4v) is 3.06. The van der Waals surface area contributed by atoms with Gasteiger partial charge in [-0.3, -0.25) is 9.69 Å². The summed E-state index contributed by atoms with van der Waals surface area (Å²) in [6.45, 7) is 9.73. The van der Waals surface area contributed by atoms with Gasteiger partial charge in [0.1, 0.15) is 0 Å². The Balaban J connectivity index is 1.75. The summed E-state index contributed by atoms with van der Waals surface area (Å²) in [5.41, 5.74) is 2.78. The highest BCUT2D eigenvalue weighted by Crippen LogP contribution is 2.29. The van der Waals surface area contributed by atoms with Crippen molar-refractivity contribution in [3.63, 3.8) is 0 Å². The quantitative estimate of drug-likeness (QED) is 0.869. The maximum atomic E-state index is 12.8. The van der Waals surface area contributed by atoms with Gasteiger partial charge in [0.25, 0.3) is 5.91 Å². The van der Waals surface area contributed by atoms with Gasteiger partial charge in [0.05, 0.1) is 16.9 Å². The first-order valence-corrected chi connectivity index (χ1v) is 7.81. The number of hydrogen-bond acceptors (Lipinski definition) is 4. The van der Waals surface area contributed by atoms with Gasteiger partial charge >= 0.3 is 0 Å². The number of fused-ring (bicyclic) bond motifs is 1. The predicted molar refractivity (Wildman–Crippen MR) is 86.0 cm³/mol. The van der Waals surface area contributed by atoms with E-state index in [1.165, 1.54) is 0 Å². The molecule has 3 rings (SSSR count). The Morgan fingerprint density at radius 1 is 1.10 bits per heavy atom. The van der Waals surface area contributed by atoms with Crippen LogP contribution >= 0.6 is 0 Å². The molecule has 2 heterocycles. The van der Waals surface area contributed by atoms with Crippen LogP contribution in [0.4, 0.5) is 11.4 Å². The van der Waals surface area contributed by atoms with Crippen LogP contribution in [0.3, 0.4) is 0 Å². The van der Waals surface area contributed by atoms with Gasteiger partial charge in [-0.25, -0.2) is 0 Å². The van der Waals surface area contributed by atoms with E-state index in [0.29, 0.717) is 6.04 Å². The summed E-state index contributed by atoms with van der Waals surface area (Å²) in [5, 5.41) is 6.70. The monoisotopic (exact) mass is 288 g/mol. The van der Waals surface area contributed by atoms with Crippen LogP contribution in [0.2, 0.25) is 0 Å². The highest BCUT2D eigenvalue weighted by atomic mass is 16.2. The van der Waals surface area contributed by atoms with E-state index in [1.54, 1.807) is 0 Å². The standard InChI is InChI=1S/C16H24N4O/c1-12(2)19-8-10-20(11-9-19)16(21)13-4-3-5-14-15(13)18-7-6-17-14/h3-5,12,17-18H,6-11H2,1-2H3. The number of rotatable bonds is 2. The van der Waals surface area contributed by atoms with Gasteiger partial charge in [0.15, 0.2) is 0 Å². The predicted octanol–water partition coefficient (Wildman–Crippen LogP) is 1.69. The molecule has 1 aromatic carbocycles. The number of nitrogens with zero attached hydrogens (tertiary/aromatic N) is 2. The highest BCUT2D eigenvalue weighted by Gasteiger charge is 2.26. The highest BCUT2D eigenvalue weighted by molar-refractivity contribution is 6.02. The minimum absolute atomic E-state index is 0.145. The van der Waals surface area contributed by atoms with Crippen LogP contribution in [-0.2, 0) is 0 Å². The molecule has 114 valence electrons. The number of amides is 1. The number of piperazine rings is 1. The summed E-state index contributed by atoms with van der Waals surface area (Å²) in [6, 6.07) is 6.46. The molecule has 1 fully saturated rings. The third kappa shape index (κ3) is 2.83. The zero-order valence-corrected chi connectivity index (χ0v) is 12.9. The van der Waals surface area contributed by atoms with E-state index in [2.05, 4.69) is 29.4 Å². The van der Waals surface area contributed by atoms with Gasteiger partial charge in [-0.2, -0.15) is 0 Å². The summed E-state index contributed by atoms with van der Waals surface area (Å²) in [6.07, 6.45) is 0. The van der Waals surface area contributed by atoms with Crippen LogP contribution in [0, 0.1) is 0 Å². The summed E-state index contributed by atoms with van der Waals surface area (Å²) >= 11 is 0. The Morgan fingerprint density at radius 3 is 2.52 bits per heavy atom. The van der Waals surface area contributed by atoms with Gasteiger partial charge in [-0.05, 0) is 26.0 Å². The maximum absolute atomic E-state index is 12.8. The average molecular weight is 288 g/mol. The lowest BCUT2D eigenvalue weighted by Gasteiger charge is -2.37. The molecule has 5 nitrogen and oxygen atoms in total. The van der Waals surface area contributed by atoms with Crippen LogP contribution < -0.4 is 10.6 Å². The van der Waals surface area contributed by atoms with Gasteiger partial charge in [-0.1, -0.05) is 6.07 Å². The fraction of sp³-hybridized carbons (Fsp3) is 0.562. The number of benzene rings is 1. The molecule has 0 atom stereocenters. The SMILES string of the molecule is CC(C)N1CCN(C(=O)c2cccc3c2NCCN3)CC1. The van der Waals surface area contributed by atoms with E-state index in [-0.39, 0.29) is 5.91 Å². The lowest BCUT2D eigenvalue weighted by atomic mass is 10.1. The first kappa shape index (κ1) is 14.2. The van der Waals surface area contributed by atoms with E-state index < -0.39 is 0 Å². The molecule has 2 aliphatic heterocycles. The zero-order chi connectivity index (χ0) is 14.8. The molecule has 0 unspecified atom stereocenters. The van der Waals surface area contributed by atoms with Crippen LogP contribution in [0.5, 0.6) is 0 Å². The van der Waals surface area contributed by atoms with Crippen molar-refractivity contribution in [1.82, 2.24) is 9.80 Å². The number of hydrogen-bond donors (Lipinski definition) is 2. The third-order valence-corrected chi connectivity index (χ3v) is 4.37. The van der Waals surface area contributed by atoms with Gasteiger partial charge < -0.3 is 15.5 Å². The van der Waals surface area contributed by atoms with Gasteiger partial charge in [0, 0.05) is 45.3 Å². The molecule has 0 bridgehead atoms. The molecule has 1 saturated heterocycles. The molecule has 1 aromatic rings. The summed E-state index contributed by atoms with van der Waals surface area (Å²) in [7, 11) is 0. The van der Waals surface area contributed by atoms with Crippen LogP contribution in [-0.4, -0.2) is 61.0 Å². The molecule has 2 aliphatic rings. The van der Waals surface area contributed by atoms with E-state index in [1.807, 2.05) is 23.1 Å². The minimum Gasteiger partial charge on any atom is -0.382 e. The Bertz CT molecular complexity index is 521. The van der Waals surface area contributed by atoms with Crippen molar-refractivity contribution in [2.24, 2.45) is 0 Å². The molecule has 21 heavy (non-hydrogen) atoms. The van der Waals surface area contributed by atoms with E-state index in [4.69, 9.17) is 0 Å². The van der Waals surface area contributed by atoms with E-state index >= 15 is 0 Å².